The van der Waals surface area contributed by atoms with E-state index in [4.69, 9.17) is 22.1 Å². The Bertz CT molecular complexity index is 611. The lowest BCUT2D eigenvalue weighted by atomic mass is 10.0. The van der Waals surface area contributed by atoms with Crippen molar-refractivity contribution in [2.24, 2.45) is 5.73 Å². The zero-order valence-corrected chi connectivity index (χ0v) is 12.7. The van der Waals surface area contributed by atoms with Crippen LogP contribution in [-0.2, 0) is 6.54 Å². The van der Waals surface area contributed by atoms with Crippen molar-refractivity contribution in [3.63, 3.8) is 0 Å². The summed E-state index contributed by atoms with van der Waals surface area (Å²) in [5.74, 6) is 1.66. The predicted molar refractivity (Wildman–Crippen MR) is 82.5 cm³/mol. The minimum atomic E-state index is 0.336. The Balaban J connectivity index is 2.40. The van der Waals surface area contributed by atoms with Crippen molar-refractivity contribution in [1.29, 1.82) is 0 Å². The highest BCUT2D eigenvalue weighted by atomic mass is 35.5. The first kappa shape index (κ1) is 14.8. The molecule has 0 aliphatic carbocycles. The minimum Gasteiger partial charge on any atom is -0.438 e. The molecule has 2 aromatic rings. The number of ether oxygens (including phenoxy) is 1. The number of nitrogens with zero attached hydrogens (tertiary/aromatic N) is 1. The smallest absolute Gasteiger partial charge is 0.223 e. The maximum Gasteiger partial charge on any atom is 0.223 e. The fourth-order valence-electron chi connectivity index (χ4n) is 2.00. The number of pyridine rings is 1. The summed E-state index contributed by atoms with van der Waals surface area (Å²) >= 11 is 6.27. The summed E-state index contributed by atoms with van der Waals surface area (Å²) in [6.45, 7) is 6.57. The van der Waals surface area contributed by atoms with Crippen LogP contribution in [0.1, 0.15) is 36.5 Å². The van der Waals surface area contributed by atoms with Gasteiger partial charge in [-0.05, 0) is 42.2 Å². The van der Waals surface area contributed by atoms with Gasteiger partial charge in [0, 0.05) is 23.3 Å². The lowest BCUT2D eigenvalue weighted by molar-refractivity contribution is 0.452. The van der Waals surface area contributed by atoms with Crippen molar-refractivity contribution >= 4 is 11.6 Å². The van der Waals surface area contributed by atoms with Crippen LogP contribution in [-0.4, -0.2) is 4.98 Å². The molecule has 0 unspecified atom stereocenters. The molecule has 0 radical (unpaired) electrons. The first-order chi connectivity index (χ1) is 9.52. The highest BCUT2D eigenvalue weighted by Crippen LogP contribution is 2.34. The van der Waals surface area contributed by atoms with Crippen LogP contribution in [0.5, 0.6) is 11.6 Å². The molecule has 1 aromatic carbocycles. The van der Waals surface area contributed by atoms with E-state index >= 15 is 0 Å². The molecule has 0 atom stereocenters. The monoisotopic (exact) mass is 290 g/mol. The molecule has 20 heavy (non-hydrogen) atoms. The van der Waals surface area contributed by atoms with E-state index in [0.29, 0.717) is 18.3 Å². The summed E-state index contributed by atoms with van der Waals surface area (Å²) in [5.41, 5.74) is 8.63. The Kier molecular flexibility index (Phi) is 4.63. The molecule has 106 valence electrons. The SMILES string of the molecule is Cc1cc(Cl)c(C(C)C)cc1Oc1ncccc1CN. The Labute approximate surface area is 124 Å². The van der Waals surface area contributed by atoms with E-state index in [9.17, 15) is 0 Å². The van der Waals surface area contributed by atoms with Crippen molar-refractivity contribution in [3.8, 4) is 11.6 Å². The van der Waals surface area contributed by atoms with Gasteiger partial charge in [-0.2, -0.15) is 0 Å². The van der Waals surface area contributed by atoms with Gasteiger partial charge in [0.1, 0.15) is 5.75 Å². The molecule has 1 aromatic heterocycles. The van der Waals surface area contributed by atoms with E-state index in [0.717, 1.165) is 27.5 Å². The topological polar surface area (TPSA) is 48.1 Å². The minimum absolute atomic E-state index is 0.336. The third-order valence-corrected chi connectivity index (χ3v) is 3.52. The van der Waals surface area contributed by atoms with Gasteiger partial charge in [-0.1, -0.05) is 31.5 Å². The molecule has 0 bridgehead atoms. The average Bonchev–Trinajstić information content (AvgIpc) is 2.42. The second-order valence-electron chi connectivity index (χ2n) is 5.07. The van der Waals surface area contributed by atoms with Gasteiger partial charge in [0.25, 0.3) is 0 Å². The van der Waals surface area contributed by atoms with Crippen molar-refractivity contribution in [2.75, 3.05) is 0 Å². The number of halogens is 1. The second-order valence-corrected chi connectivity index (χ2v) is 5.47. The van der Waals surface area contributed by atoms with Crippen molar-refractivity contribution in [1.82, 2.24) is 4.98 Å². The third kappa shape index (κ3) is 3.11. The largest absolute Gasteiger partial charge is 0.438 e. The molecule has 0 spiro atoms. The van der Waals surface area contributed by atoms with Crippen molar-refractivity contribution < 1.29 is 4.74 Å². The molecular formula is C16H19ClN2O. The summed E-state index contributed by atoms with van der Waals surface area (Å²) in [6, 6.07) is 7.68. The molecule has 0 fully saturated rings. The van der Waals surface area contributed by atoms with Crippen molar-refractivity contribution in [2.45, 2.75) is 33.2 Å². The summed E-state index contributed by atoms with van der Waals surface area (Å²) in [4.78, 5) is 4.25. The lowest BCUT2D eigenvalue weighted by Crippen LogP contribution is -2.02. The number of rotatable bonds is 4. The van der Waals surface area contributed by atoms with Crippen molar-refractivity contribution in [3.05, 3.63) is 52.2 Å². The van der Waals surface area contributed by atoms with E-state index in [1.807, 2.05) is 31.2 Å². The Morgan fingerprint density at radius 2 is 2.10 bits per heavy atom. The van der Waals surface area contributed by atoms with Gasteiger partial charge in [-0.3, -0.25) is 0 Å². The summed E-state index contributed by atoms with van der Waals surface area (Å²) < 4.78 is 5.93. The zero-order chi connectivity index (χ0) is 14.7. The standard InChI is InChI=1S/C16H19ClN2O/c1-10(2)13-8-15(11(3)7-14(13)17)20-16-12(9-18)5-4-6-19-16/h4-8,10H,9,18H2,1-3H3. The predicted octanol–water partition coefficient (Wildman–Crippen LogP) is 4.42. The summed E-state index contributed by atoms with van der Waals surface area (Å²) in [5, 5.41) is 0.768. The molecular weight excluding hydrogens is 272 g/mol. The van der Waals surface area contributed by atoms with E-state index in [2.05, 4.69) is 18.8 Å². The number of hydrogen-bond donors (Lipinski definition) is 1. The number of benzene rings is 1. The molecule has 2 rings (SSSR count). The van der Waals surface area contributed by atoms with Crippen LogP contribution in [0.15, 0.2) is 30.5 Å². The highest BCUT2D eigenvalue weighted by molar-refractivity contribution is 6.31. The fraction of sp³-hybridized carbons (Fsp3) is 0.312. The lowest BCUT2D eigenvalue weighted by Gasteiger charge is -2.15. The molecule has 0 aliphatic heterocycles. The quantitative estimate of drug-likeness (QED) is 0.907. The third-order valence-electron chi connectivity index (χ3n) is 3.19. The highest BCUT2D eigenvalue weighted by Gasteiger charge is 2.12. The van der Waals surface area contributed by atoms with E-state index < -0.39 is 0 Å². The van der Waals surface area contributed by atoms with Gasteiger partial charge in [-0.25, -0.2) is 4.98 Å². The number of aromatic nitrogens is 1. The summed E-state index contributed by atoms with van der Waals surface area (Å²) in [7, 11) is 0. The van der Waals surface area contributed by atoms with Crippen LogP contribution in [0, 0.1) is 6.92 Å². The average molecular weight is 291 g/mol. The van der Waals surface area contributed by atoms with Gasteiger partial charge >= 0.3 is 0 Å². The van der Waals surface area contributed by atoms with E-state index in [1.54, 1.807) is 6.20 Å². The molecule has 4 heteroatoms. The second kappa shape index (κ2) is 6.25. The fourth-order valence-corrected chi connectivity index (χ4v) is 2.43. The van der Waals surface area contributed by atoms with Crippen LogP contribution >= 0.6 is 11.6 Å². The normalized spacial score (nSPS) is 10.9. The van der Waals surface area contributed by atoms with E-state index in [1.165, 1.54) is 0 Å². The number of hydrogen-bond acceptors (Lipinski definition) is 3. The molecule has 0 aliphatic rings. The maximum absolute atomic E-state index is 6.27. The molecule has 0 saturated heterocycles. The van der Waals surface area contributed by atoms with Crippen LogP contribution in [0.25, 0.3) is 0 Å². The van der Waals surface area contributed by atoms with E-state index in [-0.39, 0.29) is 0 Å². The first-order valence-electron chi connectivity index (χ1n) is 6.64. The van der Waals surface area contributed by atoms with Crippen LogP contribution < -0.4 is 10.5 Å². The number of nitrogens with two attached hydrogens (primary N) is 1. The van der Waals surface area contributed by atoms with Crippen LogP contribution in [0.3, 0.4) is 0 Å². The van der Waals surface area contributed by atoms with Gasteiger partial charge in [0.05, 0.1) is 0 Å². The van der Waals surface area contributed by atoms with Gasteiger partial charge in [0.2, 0.25) is 5.88 Å². The number of aryl methyl sites for hydroxylation is 1. The van der Waals surface area contributed by atoms with Gasteiger partial charge < -0.3 is 10.5 Å². The zero-order valence-electron chi connectivity index (χ0n) is 12.0. The summed E-state index contributed by atoms with van der Waals surface area (Å²) in [6.07, 6.45) is 1.70. The molecule has 2 N–H and O–H groups in total. The molecule has 3 nitrogen and oxygen atoms in total. The first-order valence-corrected chi connectivity index (χ1v) is 7.02. The maximum atomic E-state index is 6.27. The van der Waals surface area contributed by atoms with Gasteiger partial charge in [0.15, 0.2) is 0 Å². The Morgan fingerprint density at radius 3 is 2.75 bits per heavy atom. The molecule has 1 heterocycles. The molecule has 0 amide bonds. The van der Waals surface area contributed by atoms with Gasteiger partial charge in [-0.15, -0.1) is 0 Å². The Morgan fingerprint density at radius 1 is 1.35 bits per heavy atom. The van der Waals surface area contributed by atoms with Crippen LogP contribution in [0.4, 0.5) is 0 Å². The van der Waals surface area contributed by atoms with Crippen LogP contribution in [0.2, 0.25) is 5.02 Å². The Hall–Kier alpha value is -1.58. The molecule has 0 saturated carbocycles.